The summed E-state index contributed by atoms with van der Waals surface area (Å²) in [5.41, 5.74) is 0.473. The predicted octanol–water partition coefficient (Wildman–Crippen LogP) is 5.35. The van der Waals surface area contributed by atoms with Gasteiger partial charge in [-0.1, -0.05) is 23.2 Å². The van der Waals surface area contributed by atoms with E-state index >= 15 is 0 Å². The van der Waals surface area contributed by atoms with Gasteiger partial charge in [-0.25, -0.2) is 9.36 Å². The summed E-state index contributed by atoms with van der Waals surface area (Å²) in [6.07, 6.45) is -0.0730. The van der Waals surface area contributed by atoms with Crippen molar-refractivity contribution in [2.45, 2.75) is 20.0 Å². The van der Waals surface area contributed by atoms with E-state index in [1.54, 1.807) is 12.1 Å². The molecule has 136 valence electrons. The highest BCUT2D eigenvalue weighted by Gasteiger charge is 2.22. The molecule has 0 N–H and O–H groups in total. The maximum absolute atomic E-state index is 12.4. The molecule has 10 heteroatoms. The standard InChI is InChI=1S/C16H11BrCl2N2O5/c1-7(2)25-13-6-14-12(5-9(13)17)20(16(22)26-14)15-10(18)3-8(21(23)24)4-11(15)19/h3-7H,1-2H3. The second kappa shape index (κ2) is 6.94. The number of nitrogens with zero attached hydrogens (tertiary/aromatic N) is 2. The van der Waals surface area contributed by atoms with Crippen molar-refractivity contribution in [3.8, 4) is 11.4 Å². The summed E-state index contributed by atoms with van der Waals surface area (Å²) in [6.45, 7) is 3.74. The van der Waals surface area contributed by atoms with E-state index in [9.17, 15) is 14.9 Å². The Kier molecular flexibility index (Phi) is 5.01. The summed E-state index contributed by atoms with van der Waals surface area (Å²) in [6, 6.07) is 5.45. The van der Waals surface area contributed by atoms with Gasteiger partial charge in [0.2, 0.25) is 0 Å². The largest absolute Gasteiger partial charge is 0.490 e. The molecule has 0 spiro atoms. The molecule has 0 amide bonds. The number of aromatic nitrogens is 1. The van der Waals surface area contributed by atoms with Crippen molar-refractivity contribution in [1.29, 1.82) is 0 Å². The van der Waals surface area contributed by atoms with Gasteiger partial charge in [-0.3, -0.25) is 10.1 Å². The van der Waals surface area contributed by atoms with Crippen molar-refractivity contribution in [2.75, 3.05) is 0 Å². The lowest BCUT2D eigenvalue weighted by Gasteiger charge is -2.12. The number of rotatable bonds is 4. The summed E-state index contributed by atoms with van der Waals surface area (Å²) in [5, 5.41) is 10.8. The van der Waals surface area contributed by atoms with E-state index in [0.717, 1.165) is 16.7 Å². The van der Waals surface area contributed by atoms with Crippen molar-refractivity contribution in [2.24, 2.45) is 0 Å². The van der Waals surface area contributed by atoms with Crippen molar-refractivity contribution in [3.05, 3.63) is 59.4 Å². The Hall–Kier alpha value is -2.03. The Bertz CT molecular complexity index is 1070. The van der Waals surface area contributed by atoms with Gasteiger partial charge in [0.15, 0.2) is 5.58 Å². The predicted molar refractivity (Wildman–Crippen MR) is 102 cm³/mol. The van der Waals surface area contributed by atoms with Gasteiger partial charge >= 0.3 is 5.76 Å². The van der Waals surface area contributed by atoms with Crippen LogP contribution in [0.3, 0.4) is 0 Å². The summed E-state index contributed by atoms with van der Waals surface area (Å²) in [5.74, 6) is -0.222. The number of nitro benzene ring substituents is 1. The Morgan fingerprint density at radius 1 is 1.23 bits per heavy atom. The van der Waals surface area contributed by atoms with Gasteiger partial charge < -0.3 is 9.15 Å². The van der Waals surface area contributed by atoms with Crippen molar-refractivity contribution < 1.29 is 14.1 Å². The second-order valence-corrected chi connectivity index (χ2v) is 7.30. The van der Waals surface area contributed by atoms with Crippen LogP contribution in [0.25, 0.3) is 16.8 Å². The maximum Gasteiger partial charge on any atom is 0.424 e. The van der Waals surface area contributed by atoms with Crippen LogP contribution in [0.4, 0.5) is 5.69 Å². The van der Waals surface area contributed by atoms with Crippen LogP contribution in [0.1, 0.15) is 13.8 Å². The lowest BCUT2D eigenvalue weighted by molar-refractivity contribution is -0.384. The van der Waals surface area contributed by atoms with E-state index in [2.05, 4.69) is 15.9 Å². The quantitative estimate of drug-likeness (QED) is 0.386. The minimum absolute atomic E-state index is 0.0485. The second-order valence-electron chi connectivity index (χ2n) is 5.64. The average molecular weight is 462 g/mol. The zero-order valence-corrected chi connectivity index (χ0v) is 16.6. The van der Waals surface area contributed by atoms with Crippen LogP contribution in [0.5, 0.6) is 5.75 Å². The molecule has 0 atom stereocenters. The molecular formula is C16H11BrCl2N2O5. The molecule has 3 aromatic rings. The number of halogens is 3. The van der Waals surface area contributed by atoms with Crippen LogP contribution in [-0.4, -0.2) is 15.6 Å². The number of fused-ring (bicyclic) bond motifs is 1. The number of benzene rings is 2. The van der Waals surface area contributed by atoms with E-state index in [4.69, 9.17) is 32.4 Å². The van der Waals surface area contributed by atoms with Crippen LogP contribution in [0, 0.1) is 10.1 Å². The summed E-state index contributed by atoms with van der Waals surface area (Å²) >= 11 is 15.7. The van der Waals surface area contributed by atoms with Crippen LogP contribution in [0.15, 0.2) is 37.9 Å². The Balaban J connectivity index is 2.27. The summed E-state index contributed by atoms with van der Waals surface area (Å²) in [7, 11) is 0. The van der Waals surface area contributed by atoms with Gasteiger partial charge in [-0.15, -0.1) is 0 Å². The van der Waals surface area contributed by atoms with Crippen molar-refractivity contribution in [1.82, 2.24) is 4.57 Å². The molecule has 0 radical (unpaired) electrons. The highest BCUT2D eigenvalue weighted by Crippen LogP contribution is 2.36. The molecule has 26 heavy (non-hydrogen) atoms. The average Bonchev–Trinajstić information content (AvgIpc) is 2.82. The van der Waals surface area contributed by atoms with Gasteiger partial charge in [0.25, 0.3) is 5.69 Å². The Morgan fingerprint density at radius 3 is 2.38 bits per heavy atom. The van der Waals surface area contributed by atoms with E-state index in [1.165, 1.54) is 0 Å². The Labute approximate surface area is 165 Å². The van der Waals surface area contributed by atoms with Gasteiger partial charge in [-0.2, -0.15) is 0 Å². The first kappa shape index (κ1) is 18.8. The minimum Gasteiger partial charge on any atom is -0.490 e. The Morgan fingerprint density at radius 2 is 1.85 bits per heavy atom. The zero-order chi connectivity index (χ0) is 19.2. The number of oxazole rings is 1. The number of ether oxygens (including phenoxy) is 1. The lowest BCUT2D eigenvalue weighted by Crippen LogP contribution is -2.13. The third kappa shape index (κ3) is 3.32. The summed E-state index contributed by atoms with van der Waals surface area (Å²) < 4.78 is 12.7. The first-order chi connectivity index (χ1) is 12.2. The molecule has 1 heterocycles. The molecule has 3 rings (SSSR count). The summed E-state index contributed by atoms with van der Waals surface area (Å²) in [4.78, 5) is 22.7. The molecule has 0 saturated heterocycles. The molecule has 2 aromatic carbocycles. The van der Waals surface area contributed by atoms with E-state index in [0.29, 0.717) is 15.7 Å². The number of nitro groups is 1. The molecule has 0 aliphatic rings. The molecule has 0 fully saturated rings. The molecule has 1 aromatic heterocycles. The first-order valence-corrected chi connectivity index (χ1v) is 8.89. The SMILES string of the molecule is CC(C)Oc1cc2oc(=O)n(-c3c(Cl)cc([N+](=O)[O-])cc3Cl)c2cc1Br. The maximum atomic E-state index is 12.4. The molecule has 0 saturated carbocycles. The lowest BCUT2D eigenvalue weighted by atomic mass is 10.2. The third-order valence-corrected chi connectivity index (χ3v) is 4.63. The monoisotopic (exact) mass is 460 g/mol. The first-order valence-electron chi connectivity index (χ1n) is 7.34. The normalized spacial score (nSPS) is 11.3. The number of hydrogen-bond donors (Lipinski definition) is 0. The smallest absolute Gasteiger partial charge is 0.424 e. The van der Waals surface area contributed by atoms with E-state index in [-0.39, 0.29) is 33.1 Å². The molecule has 0 aliphatic heterocycles. The molecular weight excluding hydrogens is 451 g/mol. The van der Waals surface area contributed by atoms with E-state index < -0.39 is 10.7 Å². The van der Waals surface area contributed by atoms with Crippen molar-refractivity contribution in [3.63, 3.8) is 0 Å². The fourth-order valence-electron chi connectivity index (χ4n) is 2.45. The number of hydrogen-bond acceptors (Lipinski definition) is 5. The fraction of sp³-hybridized carbons (Fsp3) is 0.188. The molecule has 0 aliphatic carbocycles. The molecule has 0 bridgehead atoms. The van der Waals surface area contributed by atoms with Crippen LogP contribution in [0.2, 0.25) is 10.0 Å². The third-order valence-electron chi connectivity index (χ3n) is 3.43. The number of non-ortho nitro benzene ring substituents is 1. The van der Waals surface area contributed by atoms with Crippen LogP contribution < -0.4 is 10.5 Å². The van der Waals surface area contributed by atoms with Gasteiger partial charge in [0.1, 0.15) is 5.75 Å². The van der Waals surface area contributed by atoms with Crippen LogP contribution in [-0.2, 0) is 0 Å². The van der Waals surface area contributed by atoms with E-state index in [1.807, 2.05) is 13.8 Å². The van der Waals surface area contributed by atoms with Gasteiger partial charge in [-0.05, 0) is 35.8 Å². The van der Waals surface area contributed by atoms with Gasteiger partial charge in [0.05, 0.1) is 36.7 Å². The highest BCUT2D eigenvalue weighted by molar-refractivity contribution is 9.10. The zero-order valence-electron chi connectivity index (χ0n) is 13.5. The van der Waals surface area contributed by atoms with Crippen molar-refractivity contribution >= 4 is 55.9 Å². The van der Waals surface area contributed by atoms with Gasteiger partial charge in [0, 0.05) is 18.2 Å². The van der Waals surface area contributed by atoms with Crippen LogP contribution >= 0.6 is 39.1 Å². The topological polar surface area (TPSA) is 87.5 Å². The molecule has 0 unspecified atom stereocenters. The highest BCUT2D eigenvalue weighted by atomic mass is 79.9. The molecule has 7 nitrogen and oxygen atoms in total. The minimum atomic E-state index is -0.730. The fourth-order valence-corrected chi connectivity index (χ4v) is 3.52.